The van der Waals surface area contributed by atoms with Crippen LogP contribution in [0.3, 0.4) is 0 Å². The predicted octanol–water partition coefficient (Wildman–Crippen LogP) is 1.30. The Morgan fingerprint density at radius 2 is 2.32 bits per heavy atom. The lowest BCUT2D eigenvalue weighted by Crippen LogP contribution is -2.56. The summed E-state index contributed by atoms with van der Waals surface area (Å²) in [6, 6.07) is 3.84. The Bertz CT molecular complexity index is 548. The monoisotopic (exact) mass is 332 g/mol. The SMILES string of the molecule is CC(C)(N[N+](=O)[C@@H]1CN[C@H](CO)CO1)c1cc(F)ccc1Cl. The third-order valence-electron chi connectivity index (χ3n) is 3.54. The molecule has 1 aromatic carbocycles. The molecule has 0 saturated carbocycles. The van der Waals surface area contributed by atoms with Gasteiger partial charge >= 0.3 is 6.23 Å². The Morgan fingerprint density at radius 1 is 1.59 bits per heavy atom. The van der Waals surface area contributed by atoms with Crippen molar-refractivity contribution in [3.05, 3.63) is 39.5 Å². The van der Waals surface area contributed by atoms with Crippen molar-refractivity contribution < 1.29 is 19.1 Å². The first-order chi connectivity index (χ1) is 10.3. The molecule has 0 aromatic heterocycles. The van der Waals surface area contributed by atoms with Gasteiger partial charge in [-0.1, -0.05) is 11.6 Å². The van der Waals surface area contributed by atoms with Crippen LogP contribution in [0.25, 0.3) is 0 Å². The van der Waals surface area contributed by atoms with E-state index in [0.29, 0.717) is 15.5 Å². The van der Waals surface area contributed by atoms with E-state index in [1.807, 2.05) is 0 Å². The Labute approximate surface area is 133 Å². The molecule has 0 bridgehead atoms. The molecule has 0 aliphatic carbocycles. The maximum atomic E-state index is 13.4. The molecule has 3 N–H and O–H groups in total. The number of morpholine rings is 1. The second-order valence-corrected chi connectivity index (χ2v) is 6.17. The molecule has 0 amide bonds. The van der Waals surface area contributed by atoms with Crippen LogP contribution in [0.15, 0.2) is 18.2 Å². The third-order valence-corrected chi connectivity index (χ3v) is 3.87. The number of ether oxygens (including phenoxy) is 1. The molecule has 6 nitrogen and oxygen atoms in total. The molecular formula is C14H20ClFN3O3+. The molecule has 8 heteroatoms. The van der Waals surface area contributed by atoms with E-state index in [1.165, 1.54) is 18.2 Å². The molecule has 2 atom stereocenters. The number of halogens is 2. The van der Waals surface area contributed by atoms with E-state index in [4.69, 9.17) is 21.4 Å². The van der Waals surface area contributed by atoms with E-state index in [9.17, 15) is 9.30 Å². The van der Waals surface area contributed by atoms with Crippen LogP contribution in [-0.4, -0.2) is 42.0 Å². The second-order valence-electron chi connectivity index (χ2n) is 5.76. The first-order valence-corrected chi connectivity index (χ1v) is 7.37. The number of hydrogen-bond acceptors (Lipinski definition) is 4. The molecule has 0 radical (unpaired) electrons. The van der Waals surface area contributed by atoms with Gasteiger partial charge in [-0.2, -0.15) is 0 Å². The number of aliphatic hydroxyl groups excluding tert-OH is 1. The predicted molar refractivity (Wildman–Crippen MR) is 79.8 cm³/mol. The quantitative estimate of drug-likeness (QED) is 0.560. The van der Waals surface area contributed by atoms with Crippen molar-refractivity contribution in [2.75, 3.05) is 19.8 Å². The fourth-order valence-electron chi connectivity index (χ4n) is 2.26. The summed E-state index contributed by atoms with van der Waals surface area (Å²) in [5.41, 5.74) is 2.34. The van der Waals surface area contributed by atoms with Crippen molar-refractivity contribution in [2.24, 2.45) is 0 Å². The lowest BCUT2D eigenvalue weighted by atomic mass is 9.95. The maximum Gasteiger partial charge on any atom is 0.349 e. The van der Waals surface area contributed by atoms with Gasteiger partial charge in [-0.15, -0.1) is 5.43 Å². The Kier molecular flexibility index (Phi) is 5.33. The van der Waals surface area contributed by atoms with Crippen LogP contribution in [0.1, 0.15) is 19.4 Å². The van der Waals surface area contributed by atoms with Crippen LogP contribution in [-0.2, 0) is 10.3 Å². The van der Waals surface area contributed by atoms with Gasteiger partial charge < -0.3 is 15.2 Å². The minimum Gasteiger partial charge on any atom is -0.395 e. The maximum absolute atomic E-state index is 13.4. The number of benzene rings is 1. The van der Waals surface area contributed by atoms with Gasteiger partial charge in [0.05, 0.1) is 30.7 Å². The van der Waals surface area contributed by atoms with Gasteiger partial charge in [0.25, 0.3) is 0 Å². The molecule has 0 spiro atoms. The van der Waals surface area contributed by atoms with Gasteiger partial charge in [0.15, 0.2) is 0 Å². The summed E-state index contributed by atoms with van der Waals surface area (Å²) < 4.78 is 18.8. The summed E-state index contributed by atoms with van der Waals surface area (Å²) in [6.07, 6.45) is -0.741. The summed E-state index contributed by atoms with van der Waals surface area (Å²) in [5.74, 6) is -0.423. The second kappa shape index (κ2) is 6.87. The number of hydrazine groups is 1. The number of hydrogen-bond donors (Lipinski definition) is 3. The number of aliphatic hydroxyl groups is 1. The molecule has 1 aliphatic rings. The lowest BCUT2D eigenvalue weighted by molar-refractivity contribution is -0.690. The van der Waals surface area contributed by atoms with Gasteiger partial charge in [0.2, 0.25) is 0 Å². The number of nitroso groups, excluding NO2 is 1. The molecule has 1 heterocycles. The van der Waals surface area contributed by atoms with Crippen molar-refractivity contribution in [1.82, 2.24) is 10.7 Å². The number of rotatable bonds is 5. The van der Waals surface area contributed by atoms with E-state index < -0.39 is 17.6 Å². The summed E-state index contributed by atoms with van der Waals surface area (Å²) in [5, 5.41) is 12.4. The zero-order valence-electron chi connectivity index (χ0n) is 12.5. The van der Waals surface area contributed by atoms with Gasteiger partial charge in [0, 0.05) is 10.6 Å². The van der Waals surface area contributed by atoms with Crippen LogP contribution in [0, 0.1) is 10.7 Å². The largest absolute Gasteiger partial charge is 0.395 e. The lowest BCUT2D eigenvalue weighted by Gasteiger charge is -2.27. The number of nitrogens with one attached hydrogen (secondary N) is 2. The highest BCUT2D eigenvalue weighted by molar-refractivity contribution is 6.31. The van der Waals surface area contributed by atoms with Crippen molar-refractivity contribution in [1.29, 1.82) is 0 Å². The van der Waals surface area contributed by atoms with Gasteiger partial charge in [-0.3, -0.25) is 0 Å². The molecule has 22 heavy (non-hydrogen) atoms. The highest BCUT2D eigenvalue weighted by Gasteiger charge is 2.38. The third kappa shape index (κ3) is 3.92. The molecule has 1 fully saturated rings. The Morgan fingerprint density at radius 3 is 2.91 bits per heavy atom. The van der Waals surface area contributed by atoms with Gasteiger partial charge in [-0.05, 0) is 32.0 Å². The van der Waals surface area contributed by atoms with Crippen molar-refractivity contribution in [3.63, 3.8) is 0 Å². The summed E-state index contributed by atoms with van der Waals surface area (Å²) in [6.45, 7) is 3.91. The fraction of sp³-hybridized carbons (Fsp3) is 0.571. The van der Waals surface area contributed by atoms with Crippen LogP contribution in [0.4, 0.5) is 4.39 Å². The minimum absolute atomic E-state index is 0.0522. The van der Waals surface area contributed by atoms with Crippen molar-refractivity contribution in [2.45, 2.75) is 31.7 Å². The minimum atomic E-state index is -0.877. The van der Waals surface area contributed by atoms with Crippen LogP contribution < -0.4 is 10.7 Å². The van der Waals surface area contributed by atoms with Crippen LogP contribution in [0.2, 0.25) is 5.02 Å². The molecule has 122 valence electrons. The van der Waals surface area contributed by atoms with Crippen LogP contribution in [0.5, 0.6) is 0 Å². The van der Waals surface area contributed by atoms with E-state index in [2.05, 4.69) is 10.7 Å². The smallest absolute Gasteiger partial charge is 0.349 e. The standard InChI is InChI=1S/C14H20ClFN3O3/c1-14(2,11-5-9(16)3-4-12(11)15)18-19(21)13-6-17-10(7-20)8-22-13/h3-5,10,13,17,20H,6-8H2,1-2H3,(H,18,21)/q+1/t10-,13+/m1/s1. The molecule has 1 aliphatic heterocycles. The van der Waals surface area contributed by atoms with E-state index in [0.717, 1.165) is 0 Å². The van der Waals surface area contributed by atoms with Gasteiger partial charge in [-0.25, -0.2) is 4.39 Å². The van der Waals surface area contributed by atoms with Crippen LogP contribution >= 0.6 is 11.6 Å². The zero-order valence-corrected chi connectivity index (χ0v) is 13.2. The molecule has 0 unspecified atom stereocenters. The first kappa shape index (κ1) is 17.1. The summed E-state index contributed by atoms with van der Waals surface area (Å²) in [4.78, 5) is 12.8. The number of nitrogens with zero attached hydrogens (tertiary/aromatic N) is 1. The first-order valence-electron chi connectivity index (χ1n) is 6.99. The van der Waals surface area contributed by atoms with E-state index >= 15 is 0 Å². The van der Waals surface area contributed by atoms with Crippen molar-refractivity contribution in [3.8, 4) is 0 Å². The van der Waals surface area contributed by atoms with Gasteiger partial charge in [0.1, 0.15) is 16.2 Å². The summed E-state index contributed by atoms with van der Waals surface area (Å²) >= 11 is 6.09. The van der Waals surface area contributed by atoms with E-state index in [1.54, 1.807) is 13.8 Å². The molecule has 1 aromatic rings. The topological polar surface area (TPSA) is 73.6 Å². The van der Waals surface area contributed by atoms with Crippen molar-refractivity contribution >= 4 is 11.6 Å². The average Bonchev–Trinajstić information content (AvgIpc) is 2.49. The zero-order chi connectivity index (χ0) is 16.3. The Balaban J connectivity index is 2.05. The average molecular weight is 333 g/mol. The molecule has 2 rings (SSSR count). The summed E-state index contributed by atoms with van der Waals surface area (Å²) in [7, 11) is 0. The fourth-order valence-corrected chi connectivity index (χ4v) is 2.62. The van der Waals surface area contributed by atoms with E-state index in [-0.39, 0.29) is 25.8 Å². The molecule has 1 saturated heterocycles. The highest BCUT2D eigenvalue weighted by Crippen LogP contribution is 2.28. The normalized spacial score (nSPS) is 22.4. The molecular weight excluding hydrogens is 313 g/mol. The Hall–Kier alpha value is -1.28. The highest BCUT2D eigenvalue weighted by atomic mass is 35.5.